The van der Waals surface area contributed by atoms with Crippen LogP contribution in [-0.2, 0) is 0 Å². The number of halogens is 2. The first-order valence-electron chi connectivity index (χ1n) is 4.79. The summed E-state index contributed by atoms with van der Waals surface area (Å²) in [5.41, 5.74) is 6.71. The summed E-state index contributed by atoms with van der Waals surface area (Å²) in [4.78, 5) is 0. The molecular weight excluding hydrogens is 217 g/mol. The summed E-state index contributed by atoms with van der Waals surface area (Å²) >= 11 is 0. The van der Waals surface area contributed by atoms with Crippen molar-refractivity contribution in [2.75, 3.05) is 7.11 Å². The van der Waals surface area contributed by atoms with Crippen molar-refractivity contribution < 1.29 is 9.13 Å². The lowest BCUT2D eigenvalue weighted by molar-refractivity contribution is 0.348. The van der Waals surface area contributed by atoms with E-state index in [1.165, 1.54) is 7.11 Å². The number of hydrogen-bond donors (Lipinski definition) is 1. The zero-order valence-electron chi connectivity index (χ0n) is 8.57. The largest absolute Gasteiger partial charge is 0.494 e. The maximum atomic E-state index is 13.3. The van der Waals surface area contributed by atoms with Crippen LogP contribution in [0.15, 0.2) is 18.2 Å². The Kier molecular flexibility index (Phi) is 3.94. The first kappa shape index (κ1) is 12.3. The normalized spacial score (nSPS) is 23.9. The molecule has 0 aromatic heterocycles. The van der Waals surface area contributed by atoms with Crippen molar-refractivity contribution in [3.05, 3.63) is 29.6 Å². The number of benzene rings is 1. The van der Waals surface area contributed by atoms with Gasteiger partial charge in [0.05, 0.1) is 7.11 Å². The molecule has 1 saturated carbocycles. The highest BCUT2D eigenvalue weighted by Gasteiger charge is 2.27. The minimum atomic E-state index is -0.287. The molecule has 0 atom stereocenters. The lowest BCUT2D eigenvalue weighted by atomic mass is 9.76. The van der Waals surface area contributed by atoms with Crippen molar-refractivity contribution in [2.24, 2.45) is 5.73 Å². The molecule has 1 aliphatic rings. The Morgan fingerprint density at radius 2 is 2.07 bits per heavy atom. The van der Waals surface area contributed by atoms with Crippen LogP contribution in [0.25, 0.3) is 0 Å². The van der Waals surface area contributed by atoms with Crippen LogP contribution in [0.4, 0.5) is 4.39 Å². The summed E-state index contributed by atoms with van der Waals surface area (Å²) in [7, 11) is 1.47. The van der Waals surface area contributed by atoms with Gasteiger partial charge < -0.3 is 10.5 Å². The van der Waals surface area contributed by atoms with E-state index >= 15 is 0 Å². The van der Waals surface area contributed by atoms with Gasteiger partial charge in [-0.05, 0) is 36.5 Å². The van der Waals surface area contributed by atoms with E-state index in [2.05, 4.69) is 0 Å². The SMILES string of the molecule is COc1ccc(C2CC(N)C2)cc1F.Cl. The van der Waals surface area contributed by atoms with E-state index in [-0.39, 0.29) is 18.2 Å². The van der Waals surface area contributed by atoms with Crippen LogP contribution >= 0.6 is 12.4 Å². The highest BCUT2D eigenvalue weighted by Crippen LogP contribution is 2.36. The van der Waals surface area contributed by atoms with Crippen molar-refractivity contribution >= 4 is 12.4 Å². The molecule has 0 saturated heterocycles. The van der Waals surface area contributed by atoms with Gasteiger partial charge in [0.2, 0.25) is 0 Å². The molecule has 0 radical (unpaired) electrons. The second-order valence-electron chi connectivity index (χ2n) is 3.82. The molecule has 0 unspecified atom stereocenters. The molecule has 0 amide bonds. The highest BCUT2D eigenvalue weighted by atomic mass is 35.5. The Bertz CT molecular complexity index is 339. The Balaban J connectivity index is 0.00000112. The van der Waals surface area contributed by atoms with E-state index in [9.17, 15) is 4.39 Å². The lowest BCUT2D eigenvalue weighted by Gasteiger charge is -2.32. The van der Waals surface area contributed by atoms with Crippen molar-refractivity contribution in [3.63, 3.8) is 0 Å². The maximum absolute atomic E-state index is 13.3. The molecule has 2 N–H and O–H groups in total. The fourth-order valence-electron chi connectivity index (χ4n) is 1.87. The fourth-order valence-corrected chi connectivity index (χ4v) is 1.87. The van der Waals surface area contributed by atoms with Gasteiger partial charge in [0.25, 0.3) is 0 Å². The molecule has 1 aliphatic carbocycles. The number of hydrogen-bond acceptors (Lipinski definition) is 2. The van der Waals surface area contributed by atoms with Gasteiger partial charge in [0.15, 0.2) is 11.6 Å². The van der Waals surface area contributed by atoms with Crippen LogP contribution in [0, 0.1) is 5.82 Å². The second-order valence-corrected chi connectivity index (χ2v) is 3.82. The van der Waals surface area contributed by atoms with Crippen LogP contribution in [0.2, 0.25) is 0 Å². The van der Waals surface area contributed by atoms with E-state index in [1.54, 1.807) is 12.1 Å². The number of nitrogens with two attached hydrogens (primary N) is 1. The molecule has 2 nitrogen and oxygen atoms in total. The van der Waals surface area contributed by atoms with Crippen LogP contribution < -0.4 is 10.5 Å². The average molecular weight is 232 g/mol. The summed E-state index contributed by atoms with van der Waals surface area (Å²) in [6, 6.07) is 5.44. The molecule has 1 aromatic rings. The Hall–Kier alpha value is -0.800. The smallest absolute Gasteiger partial charge is 0.165 e. The van der Waals surface area contributed by atoms with E-state index in [0.717, 1.165) is 18.4 Å². The minimum absolute atomic E-state index is 0. The van der Waals surface area contributed by atoms with Gasteiger partial charge >= 0.3 is 0 Å². The van der Waals surface area contributed by atoms with Crippen molar-refractivity contribution in [1.82, 2.24) is 0 Å². The van der Waals surface area contributed by atoms with Gasteiger partial charge in [-0.15, -0.1) is 12.4 Å². The topological polar surface area (TPSA) is 35.2 Å². The molecule has 0 aliphatic heterocycles. The second kappa shape index (κ2) is 4.81. The summed E-state index contributed by atoms with van der Waals surface area (Å²) < 4.78 is 18.2. The van der Waals surface area contributed by atoms with Gasteiger partial charge in [0, 0.05) is 6.04 Å². The highest BCUT2D eigenvalue weighted by molar-refractivity contribution is 5.85. The molecule has 84 valence electrons. The van der Waals surface area contributed by atoms with Crippen LogP contribution in [0.5, 0.6) is 5.75 Å². The van der Waals surface area contributed by atoms with Gasteiger partial charge in [0.1, 0.15) is 0 Å². The van der Waals surface area contributed by atoms with Gasteiger partial charge in [-0.25, -0.2) is 4.39 Å². The molecule has 4 heteroatoms. The minimum Gasteiger partial charge on any atom is -0.494 e. The predicted molar refractivity (Wildman–Crippen MR) is 60.2 cm³/mol. The van der Waals surface area contributed by atoms with Crippen molar-refractivity contribution in [2.45, 2.75) is 24.8 Å². The third-order valence-corrected chi connectivity index (χ3v) is 2.82. The molecule has 1 fully saturated rings. The summed E-state index contributed by atoms with van der Waals surface area (Å²) in [6.07, 6.45) is 1.93. The van der Waals surface area contributed by atoms with E-state index in [0.29, 0.717) is 17.7 Å². The third-order valence-electron chi connectivity index (χ3n) is 2.82. The van der Waals surface area contributed by atoms with E-state index < -0.39 is 0 Å². The van der Waals surface area contributed by atoms with Gasteiger partial charge in [-0.3, -0.25) is 0 Å². The van der Waals surface area contributed by atoms with E-state index in [4.69, 9.17) is 10.5 Å². The summed E-state index contributed by atoms with van der Waals surface area (Å²) in [5.74, 6) is 0.452. The van der Waals surface area contributed by atoms with E-state index in [1.807, 2.05) is 6.07 Å². The molecule has 0 heterocycles. The molecular formula is C11H15ClFNO. The fraction of sp³-hybridized carbons (Fsp3) is 0.455. The third kappa shape index (κ3) is 2.41. The zero-order valence-corrected chi connectivity index (χ0v) is 9.39. The molecule has 0 spiro atoms. The molecule has 15 heavy (non-hydrogen) atoms. The summed E-state index contributed by atoms with van der Waals surface area (Å²) in [5, 5.41) is 0. The van der Waals surface area contributed by atoms with Crippen LogP contribution in [0.3, 0.4) is 0 Å². The monoisotopic (exact) mass is 231 g/mol. The maximum Gasteiger partial charge on any atom is 0.165 e. The quantitative estimate of drug-likeness (QED) is 0.849. The lowest BCUT2D eigenvalue weighted by Crippen LogP contribution is -2.34. The first-order valence-corrected chi connectivity index (χ1v) is 4.79. The average Bonchev–Trinajstić information content (AvgIpc) is 2.13. The predicted octanol–water partition coefficient (Wildman–Crippen LogP) is 2.46. The number of ether oxygens (including phenoxy) is 1. The van der Waals surface area contributed by atoms with Crippen LogP contribution in [-0.4, -0.2) is 13.2 Å². The molecule has 1 aromatic carbocycles. The zero-order chi connectivity index (χ0) is 10.1. The van der Waals surface area contributed by atoms with Gasteiger partial charge in [-0.2, -0.15) is 0 Å². The van der Waals surface area contributed by atoms with Crippen molar-refractivity contribution in [1.29, 1.82) is 0 Å². The standard InChI is InChI=1S/C11H14FNO.ClH/c1-14-11-3-2-7(6-10(11)12)8-4-9(13)5-8;/h2-3,6,8-9H,4-5,13H2,1H3;1H. The summed E-state index contributed by atoms with van der Waals surface area (Å²) in [6.45, 7) is 0. The number of methoxy groups -OCH3 is 1. The molecule has 0 bridgehead atoms. The molecule has 2 rings (SSSR count). The number of rotatable bonds is 2. The Morgan fingerprint density at radius 1 is 1.40 bits per heavy atom. The van der Waals surface area contributed by atoms with Crippen LogP contribution in [0.1, 0.15) is 24.3 Å². The van der Waals surface area contributed by atoms with Crippen molar-refractivity contribution in [3.8, 4) is 5.75 Å². The Labute approximate surface area is 95.0 Å². The Morgan fingerprint density at radius 3 is 2.53 bits per heavy atom. The van der Waals surface area contributed by atoms with Gasteiger partial charge in [-0.1, -0.05) is 6.07 Å². The first-order chi connectivity index (χ1) is 6.70.